The predicted molar refractivity (Wildman–Crippen MR) is 104 cm³/mol. The van der Waals surface area contributed by atoms with Crippen LogP contribution in [0, 0.1) is 0 Å². The first kappa shape index (κ1) is 22.8. The molecule has 0 amide bonds. The molecule has 4 nitrogen and oxygen atoms in total. The quantitative estimate of drug-likeness (QED) is 0.380. The Morgan fingerprint density at radius 3 is 1.39 bits per heavy atom. The van der Waals surface area contributed by atoms with Gasteiger partial charge in [0, 0.05) is 0 Å². The first-order valence-electron chi connectivity index (χ1n) is 10.1. The molecule has 0 aliphatic carbocycles. The van der Waals surface area contributed by atoms with Crippen molar-refractivity contribution in [1.29, 1.82) is 0 Å². The van der Waals surface area contributed by atoms with Crippen molar-refractivity contribution in [3.63, 3.8) is 0 Å². The maximum Gasteiger partial charge on any atom is -0.000654 e. The van der Waals surface area contributed by atoms with E-state index in [1.54, 1.807) is 0 Å². The summed E-state index contributed by atoms with van der Waals surface area (Å²) in [6, 6.07) is 0. The van der Waals surface area contributed by atoms with E-state index in [0.29, 0.717) is 0 Å². The van der Waals surface area contributed by atoms with Gasteiger partial charge in [-0.15, -0.1) is 0 Å². The molecule has 140 valence electrons. The molecule has 0 aliphatic heterocycles. The molecule has 23 heavy (non-hydrogen) atoms. The number of unbranched alkanes of at least 4 members (excludes halogenated alkanes) is 4. The Kier molecular flexibility index (Phi) is 18.1. The van der Waals surface area contributed by atoms with E-state index in [1.807, 2.05) is 0 Å². The van der Waals surface area contributed by atoms with Gasteiger partial charge in [-0.2, -0.15) is 0 Å². The fraction of sp³-hybridized carbons (Fsp3) is 1.00. The van der Waals surface area contributed by atoms with Crippen molar-refractivity contribution in [1.82, 2.24) is 9.80 Å². The minimum absolute atomic E-state index is 0.808. The maximum atomic E-state index is 5.69. The van der Waals surface area contributed by atoms with Crippen LogP contribution >= 0.6 is 0 Å². The summed E-state index contributed by atoms with van der Waals surface area (Å²) in [6.45, 7) is 13.4. The van der Waals surface area contributed by atoms with Crippen LogP contribution in [0.15, 0.2) is 0 Å². The van der Waals surface area contributed by atoms with E-state index in [0.717, 1.165) is 32.5 Å². The highest BCUT2D eigenvalue weighted by molar-refractivity contribution is 4.64. The molecule has 0 spiro atoms. The number of nitrogens with zero attached hydrogens (tertiary/aromatic N) is 2. The van der Waals surface area contributed by atoms with Crippen LogP contribution in [0.4, 0.5) is 0 Å². The number of hydrogen-bond acceptors (Lipinski definition) is 4. The Balaban J connectivity index is 4.01. The van der Waals surface area contributed by atoms with Crippen LogP contribution in [0.2, 0.25) is 0 Å². The van der Waals surface area contributed by atoms with E-state index < -0.39 is 0 Å². The lowest BCUT2D eigenvalue weighted by molar-refractivity contribution is 0.220. The standard InChI is InChI=1S/C19H44N4/c1-3-5-7-8-15-23(17-10-13-21)19-11-18-22(14-6-4-2)16-9-12-20/h3-21H2,1-2H3. The van der Waals surface area contributed by atoms with Crippen molar-refractivity contribution >= 4 is 0 Å². The number of hydrogen-bond donors (Lipinski definition) is 2. The maximum absolute atomic E-state index is 5.69. The second-order valence-electron chi connectivity index (χ2n) is 6.74. The summed E-state index contributed by atoms with van der Waals surface area (Å²) in [5, 5.41) is 0. The van der Waals surface area contributed by atoms with Crippen molar-refractivity contribution in [3.8, 4) is 0 Å². The summed E-state index contributed by atoms with van der Waals surface area (Å²) < 4.78 is 0. The first-order valence-corrected chi connectivity index (χ1v) is 10.1. The van der Waals surface area contributed by atoms with Crippen LogP contribution in [0.3, 0.4) is 0 Å². The Labute approximate surface area is 146 Å². The molecule has 0 saturated carbocycles. The molecule has 0 saturated heterocycles. The molecule has 0 heterocycles. The van der Waals surface area contributed by atoms with Gasteiger partial charge in [0.1, 0.15) is 0 Å². The van der Waals surface area contributed by atoms with Crippen LogP contribution in [-0.4, -0.2) is 62.2 Å². The summed E-state index contributed by atoms with van der Waals surface area (Å²) in [6.07, 6.45) is 11.5. The Hall–Kier alpha value is -0.160. The third kappa shape index (κ3) is 15.1. The number of nitrogens with two attached hydrogens (primary N) is 2. The monoisotopic (exact) mass is 328 g/mol. The zero-order chi connectivity index (χ0) is 17.2. The number of rotatable bonds is 18. The second-order valence-corrected chi connectivity index (χ2v) is 6.74. The molecule has 0 radical (unpaired) electrons. The molecule has 0 fully saturated rings. The van der Waals surface area contributed by atoms with Gasteiger partial charge in [0.15, 0.2) is 0 Å². The van der Waals surface area contributed by atoms with E-state index in [4.69, 9.17) is 11.5 Å². The summed E-state index contributed by atoms with van der Waals surface area (Å²) in [7, 11) is 0. The van der Waals surface area contributed by atoms with Crippen LogP contribution in [0.25, 0.3) is 0 Å². The smallest absolute Gasteiger partial charge is 0.000654 e. The topological polar surface area (TPSA) is 58.5 Å². The van der Waals surface area contributed by atoms with E-state index in [9.17, 15) is 0 Å². The molecule has 0 aliphatic rings. The molecule has 0 atom stereocenters. The molecule has 4 heteroatoms. The molecule has 0 bridgehead atoms. The zero-order valence-corrected chi connectivity index (χ0v) is 16.1. The highest BCUT2D eigenvalue weighted by Crippen LogP contribution is 2.04. The fourth-order valence-electron chi connectivity index (χ4n) is 2.96. The van der Waals surface area contributed by atoms with E-state index in [-0.39, 0.29) is 0 Å². The molecule has 4 N–H and O–H groups in total. The summed E-state index contributed by atoms with van der Waals surface area (Å²) in [5.41, 5.74) is 11.4. The van der Waals surface area contributed by atoms with Crippen LogP contribution in [-0.2, 0) is 0 Å². The minimum Gasteiger partial charge on any atom is -0.330 e. The lowest BCUT2D eigenvalue weighted by atomic mass is 10.2. The average Bonchev–Trinajstić information content (AvgIpc) is 2.57. The van der Waals surface area contributed by atoms with Gasteiger partial charge in [-0.25, -0.2) is 0 Å². The van der Waals surface area contributed by atoms with Gasteiger partial charge in [0.25, 0.3) is 0 Å². The molecule has 0 rings (SSSR count). The lowest BCUT2D eigenvalue weighted by Crippen LogP contribution is -2.33. The predicted octanol–water partition coefficient (Wildman–Crippen LogP) is 3.06. The van der Waals surface area contributed by atoms with Crippen molar-refractivity contribution in [2.24, 2.45) is 11.5 Å². The average molecular weight is 329 g/mol. The van der Waals surface area contributed by atoms with Gasteiger partial charge < -0.3 is 21.3 Å². The lowest BCUT2D eigenvalue weighted by Gasteiger charge is -2.26. The molecule has 0 aromatic rings. The van der Waals surface area contributed by atoms with E-state index in [2.05, 4.69) is 23.6 Å². The van der Waals surface area contributed by atoms with E-state index >= 15 is 0 Å². The third-order valence-electron chi connectivity index (χ3n) is 4.46. The van der Waals surface area contributed by atoms with Gasteiger partial charge in [-0.3, -0.25) is 0 Å². The first-order chi connectivity index (χ1) is 11.3. The van der Waals surface area contributed by atoms with E-state index in [1.165, 1.54) is 77.7 Å². The summed E-state index contributed by atoms with van der Waals surface area (Å²) in [5.74, 6) is 0. The molecular formula is C19H44N4. The van der Waals surface area contributed by atoms with Crippen molar-refractivity contribution < 1.29 is 0 Å². The summed E-state index contributed by atoms with van der Waals surface area (Å²) in [4.78, 5) is 5.23. The Morgan fingerprint density at radius 1 is 0.478 bits per heavy atom. The van der Waals surface area contributed by atoms with Crippen LogP contribution in [0.1, 0.15) is 71.6 Å². The van der Waals surface area contributed by atoms with Gasteiger partial charge in [-0.1, -0.05) is 39.5 Å². The highest BCUT2D eigenvalue weighted by Gasteiger charge is 2.07. The minimum atomic E-state index is 0.808. The molecular weight excluding hydrogens is 284 g/mol. The zero-order valence-electron chi connectivity index (χ0n) is 16.1. The van der Waals surface area contributed by atoms with Crippen molar-refractivity contribution in [2.45, 2.75) is 71.6 Å². The molecule has 0 aromatic heterocycles. The van der Waals surface area contributed by atoms with Gasteiger partial charge >= 0.3 is 0 Å². The normalized spacial score (nSPS) is 11.7. The largest absolute Gasteiger partial charge is 0.330 e. The Bertz CT molecular complexity index is 215. The SMILES string of the molecule is CCCCCCN(CCCN)CCCN(CCCC)CCCN. The fourth-order valence-corrected chi connectivity index (χ4v) is 2.96. The second kappa shape index (κ2) is 18.2. The van der Waals surface area contributed by atoms with Crippen molar-refractivity contribution in [3.05, 3.63) is 0 Å². The summed E-state index contributed by atoms with van der Waals surface area (Å²) >= 11 is 0. The third-order valence-corrected chi connectivity index (χ3v) is 4.46. The van der Waals surface area contributed by atoms with Crippen LogP contribution in [0.5, 0.6) is 0 Å². The van der Waals surface area contributed by atoms with Crippen LogP contribution < -0.4 is 11.5 Å². The molecule has 0 aromatic carbocycles. The van der Waals surface area contributed by atoms with Gasteiger partial charge in [0.05, 0.1) is 0 Å². The Morgan fingerprint density at radius 2 is 0.913 bits per heavy atom. The van der Waals surface area contributed by atoms with Gasteiger partial charge in [-0.05, 0) is 84.5 Å². The van der Waals surface area contributed by atoms with Gasteiger partial charge in [0.2, 0.25) is 0 Å². The van der Waals surface area contributed by atoms with Crippen molar-refractivity contribution in [2.75, 3.05) is 52.4 Å². The molecule has 0 unspecified atom stereocenters. The highest BCUT2D eigenvalue weighted by atomic mass is 15.1.